The Hall–Kier alpha value is -6.04. The highest BCUT2D eigenvalue weighted by atomic mass is 32.1. The molecule has 256 valence electrons. The maximum atomic E-state index is 6.93. The van der Waals surface area contributed by atoms with Crippen LogP contribution < -0.4 is 15.8 Å². The second-order valence-corrected chi connectivity index (χ2v) is 17.3. The van der Waals surface area contributed by atoms with Crippen LogP contribution in [-0.4, -0.2) is 11.3 Å². The summed E-state index contributed by atoms with van der Waals surface area (Å²) in [6.45, 7) is 9.08. The molecule has 0 bridgehead atoms. The first-order chi connectivity index (χ1) is 26.3. The summed E-state index contributed by atoms with van der Waals surface area (Å²) in [6, 6.07) is 52.1. The number of hydrogen-bond acceptors (Lipinski definition) is 3. The van der Waals surface area contributed by atoms with Crippen molar-refractivity contribution in [2.45, 2.75) is 33.1 Å². The summed E-state index contributed by atoms with van der Waals surface area (Å²) in [5.74, 6) is 0. The van der Waals surface area contributed by atoms with Gasteiger partial charge in [0.05, 0.1) is 11.1 Å². The first-order valence-electron chi connectivity index (χ1n) is 18.9. The molecule has 0 spiro atoms. The summed E-state index contributed by atoms with van der Waals surface area (Å²) >= 11 is 1.89. The number of nitrogens with zero attached hydrogens (tertiary/aromatic N) is 2. The number of furan rings is 1. The third-order valence-corrected chi connectivity index (χ3v) is 13.1. The molecular formula is C49H35BN2OS. The SMILES string of the molecule is Cc1cc2c3c(c1)N(c1ccc(C(C)(C)C)cc1-c1ccccc1)c1cc4sc5ccccc5c4cc1B3n1c3oc4ccccc4c3c3cccc-2c31. The molecule has 7 aromatic carbocycles. The molecule has 0 unspecified atom stereocenters. The quantitative estimate of drug-likeness (QED) is 0.167. The van der Waals surface area contributed by atoms with Gasteiger partial charge in [0.25, 0.3) is 0 Å². The molecule has 12 rings (SSSR count). The van der Waals surface area contributed by atoms with E-state index in [1.165, 1.54) is 103 Å². The zero-order valence-corrected chi connectivity index (χ0v) is 31.4. The highest BCUT2D eigenvalue weighted by Gasteiger charge is 2.44. The van der Waals surface area contributed by atoms with Crippen LogP contribution >= 0.6 is 11.3 Å². The van der Waals surface area contributed by atoms with Gasteiger partial charge < -0.3 is 13.8 Å². The molecule has 54 heavy (non-hydrogen) atoms. The van der Waals surface area contributed by atoms with Crippen molar-refractivity contribution in [3.05, 3.63) is 151 Å². The van der Waals surface area contributed by atoms with Gasteiger partial charge in [-0.05, 0) is 81.9 Å². The Morgan fingerprint density at radius 2 is 1.37 bits per heavy atom. The molecule has 0 saturated heterocycles. The van der Waals surface area contributed by atoms with Gasteiger partial charge in [0.1, 0.15) is 5.58 Å². The lowest BCUT2D eigenvalue weighted by Gasteiger charge is -2.41. The Kier molecular flexibility index (Phi) is 5.95. The third-order valence-electron chi connectivity index (χ3n) is 12.0. The number of anilines is 3. The van der Waals surface area contributed by atoms with Crippen molar-refractivity contribution in [3.63, 3.8) is 0 Å². The fourth-order valence-electron chi connectivity index (χ4n) is 9.56. The summed E-state index contributed by atoms with van der Waals surface area (Å²) in [5, 5.41) is 6.23. The van der Waals surface area contributed by atoms with E-state index in [0.717, 1.165) is 11.3 Å². The van der Waals surface area contributed by atoms with Crippen molar-refractivity contribution in [1.29, 1.82) is 0 Å². The molecule has 3 nitrogen and oxygen atoms in total. The van der Waals surface area contributed by atoms with Gasteiger partial charge >= 0.3 is 6.85 Å². The Morgan fingerprint density at radius 3 is 2.22 bits per heavy atom. The van der Waals surface area contributed by atoms with Crippen LogP contribution in [0.25, 0.3) is 75.4 Å². The van der Waals surface area contributed by atoms with Crippen LogP contribution in [0.2, 0.25) is 0 Å². The lowest BCUT2D eigenvalue weighted by Crippen LogP contribution is -2.56. The van der Waals surface area contributed by atoms with E-state index < -0.39 is 0 Å². The van der Waals surface area contributed by atoms with Gasteiger partial charge in [0.2, 0.25) is 0 Å². The minimum absolute atomic E-state index is 0.000160. The standard InChI is InChI=1S/C49H35BN2OS/c1-28-23-37-32-17-12-18-34-45-33-16-8-10-19-42(33)53-48(45)52(47(32)34)50-38-26-36-31-15-9-11-20-43(31)54-44(36)27-40(38)51(41(24-28)46(37)50)39-22-21-30(49(2,3)4)25-35(39)29-13-6-5-7-14-29/h5-27H,1-4H3. The van der Waals surface area contributed by atoms with Crippen LogP contribution in [0.4, 0.5) is 17.1 Å². The molecule has 5 heteroatoms. The number of para-hydroxylation sites is 2. The molecule has 10 aromatic rings. The van der Waals surface area contributed by atoms with Gasteiger partial charge in [-0.25, -0.2) is 0 Å². The Bertz CT molecular complexity index is 3230. The summed E-state index contributed by atoms with van der Waals surface area (Å²) in [4.78, 5) is 2.58. The van der Waals surface area contributed by atoms with Gasteiger partial charge in [-0.1, -0.05) is 124 Å². The maximum absolute atomic E-state index is 6.93. The highest BCUT2D eigenvalue weighted by Crippen LogP contribution is 2.50. The number of rotatable bonds is 2. The molecule has 2 aliphatic rings. The lowest BCUT2D eigenvalue weighted by atomic mass is 9.45. The molecule has 0 N–H and O–H groups in total. The molecule has 0 amide bonds. The lowest BCUT2D eigenvalue weighted by molar-refractivity contribution is 0.590. The summed E-state index contributed by atoms with van der Waals surface area (Å²) in [7, 11) is 0. The van der Waals surface area contributed by atoms with Gasteiger partial charge in [-0.3, -0.25) is 0 Å². The van der Waals surface area contributed by atoms with E-state index in [0.29, 0.717) is 0 Å². The van der Waals surface area contributed by atoms with E-state index in [9.17, 15) is 0 Å². The fourth-order valence-corrected chi connectivity index (χ4v) is 10.7. The van der Waals surface area contributed by atoms with E-state index in [4.69, 9.17) is 4.42 Å². The average molecular weight is 711 g/mol. The molecular weight excluding hydrogens is 675 g/mol. The normalized spacial score (nSPS) is 13.5. The smallest absolute Gasteiger partial charge is 0.336 e. The Morgan fingerprint density at radius 1 is 0.593 bits per heavy atom. The predicted octanol–water partition coefficient (Wildman–Crippen LogP) is 12.6. The number of hydrogen-bond donors (Lipinski definition) is 0. The van der Waals surface area contributed by atoms with Crippen molar-refractivity contribution < 1.29 is 4.42 Å². The molecule has 3 aromatic heterocycles. The number of aryl methyl sites for hydroxylation is 1. The van der Waals surface area contributed by atoms with E-state index >= 15 is 0 Å². The van der Waals surface area contributed by atoms with Crippen molar-refractivity contribution in [1.82, 2.24) is 4.48 Å². The summed E-state index contributed by atoms with van der Waals surface area (Å²) < 4.78 is 12.1. The number of aromatic nitrogens is 1. The topological polar surface area (TPSA) is 21.3 Å². The van der Waals surface area contributed by atoms with Crippen molar-refractivity contribution in [3.8, 4) is 22.3 Å². The van der Waals surface area contributed by atoms with Crippen LogP contribution in [-0.2, 0) is 5.41 Å². The van der Waals surface area contributed by atoms with Crippen LogP contribution in [0.3, 0.4) is 0 Å². The van der Waals surface area contributed by atoms with Gasteiger partial charge in [-0.15, -0.1) is 11.3 Å². The molecule has 0 saturated carbocycles. The van der Waals surface area contributed by atoms with Crippen LogP contribution in [0.1, 0.15) is 31.9 Å². The average Bonchev–Trinajstić information content (AvgIpc) is 3.84. The summed E-state index contributed by atoms with van der Waals surface area (Å²) in [6.07, 6.45) is 0. The van der Waals surface area contributed by atoms with Gasteiger partial charge in [-0.2, -0.15) is 0 Å². The molecule has 2 aliphatic heterocycles. The molecule has 0 atom stereocenters. The molecule has 0 radical (unpaired) electrons. The molecule has 0 aliphatic carbocycles. The first kappa shape index (κ1) is 30.4. The number of thiophene rings is 1. The van der Waals surface area contributed by atoms with Crippen molar-refractivity contribution in [2.75, 3.05) is 4.90 Å². The zero-order chi connectivity index (χ0) is 36.0. The molecule has 0 fully saturated rings. The van der Waals surface area contributed by atoms with Gasteiger partial charge in [0, 0.05) is 59.0 Å². The Labute approximate surface area is 317 Å². The van der Waals surface area contributed by atoms with Crippen LogP contribution in [0.5, 0.6) is 0 Å². The minimum Gasteiger partial charge on any atom is -0.441 e. The minimum atomic E-state index is -0.0885. The third kappa shape index (κ3) is 3.97. The zero-order valence-electron chi connectivity index (χ0n) is 30.6. The second-order valence-electron chi connectivity index (χ2n) is 16.2. The van der Waals surface area contributed by atoms with Crippen molar-refractivity contribution >= 4 is 99.3 Å². The first-order valence-corrected chi connectivity index (χ1v) is 19.7. The second kappa shape index (κ2) is 10.6. The molecule has 5 heterocycles. The maximum Gasteiger partial charge on any atom is 0.336 e. The van der Waals surface area contributed by atoms with Crippen molar-refractivity contribution in [2.24, 2.45) is 0 Å². The van der Waals surface area contributed by atoms with Crippen LogP contribution in [0, 0.1) is 6.92 Å². The summed E-state index contributed by atoms with van der Waals surface area (Å²) in [5.41, 5.74) is 16.9. The predicted molar refractivity (Wildman–Crippen MR) is 232 cm³/mol. The monoisotopic (exact) mass is 710 g/mol. The Balaban J connectivity index is 1.26. The van der Waals surface area contributed by atoms with E-state index in [-0.39, 0.29) is 12.3 Å². The van der Waals surface area contributed by atoms with E-state index in [1.807, 2.05) is 11.3 Å². The number of benzene rings is 7. The fraction of sp³-hybridized carbons (Fsp3) is 0.102. The van der Waals surface area contributed by atoms with Crippen LogP contribution in [0.15, 0.2) is 144 Å². The van der Waals surface area contributed by atoms with Gasteiger partial charge in [0.15, 0.2) is 5.71 Å². The van der Waals surface area contributed by atoms with E-state index in [2.05, 4.69) is 177 Å². The number of fused-ring (bicyclic) bond motifs is 12. The highest BCUT2D eigenvalue weighted by molar-refractivity contribution is 7.26. The van der Waals surface area contributed by atoms with E-state index in [1.54, 1.807) is 0 Å². The largest absolute Gasteiger partial charge is 0.441 e.